The molecule has 1 spiro atoms. The van der Waals surface area contributed by atoms with Crippen molar-refractivity contribution in [1.82, 2.24) is 30.8 Å². The number of ketones is 1. The normalized spacial score (nSPS) is 22.2. The van der Waals surface area contributed by atoms with Crippen molar-refractivity contribution in [3.63, 3.8) is 0 Å². The number of hydrazine groups is 1. The first-order valence-corrected chi connectivity index (χ1v) is 13.1. The van der Waals surface area contributed by atoms with Crippen molar-refractivity contribution in [2.24, 2.45) is 5.41 Å². The number of H-pyrrole nitrogens is 1. The smallest absolute Gasteiger partial charge is 0.272 e. The van der Waals surface area contributed by atoms with Crippen LogP contribution in [0, 0.1) is 5.41 Å². The quantitative estimate of drug-likeness (QED) is 0.584. The highest BCUT2D eigenvalue weighted by molar-refractivity contribution is 6.07. The molecule has 3 aliphatic heterocycles. The van der Waals surface area contributed by atoms with Gasteiger partial charge in [0.25, 0.3) is 11.8 Å². The van der Waals surface area contributed by atoms with Gasteiger partial charge in [0.15, 0.2) is 11.5 Å². The van der Waals surface area contributed by atoms with Crippen molar-refractivity contribution in [3.05, 3.63) is 40.7 Å². The number of allylic oxidation sites excluding steroid dienone is 1. The molecule has 196 valence electrons. The zero-order chi connectivity index (χ0) is 25.9. The molecule has 2 aromatic rings. The highest BCUT2D eigenvalue weighted by Gasteiger charge is 2.46. The summed E-state index contributed by atoms with van der Waals surface area (Å²) >= 11 is 0. The molecule has 1 aliphatic carbocycles. The Balaban J connectivity index is 1.14. The lowest BCUT2D eigenvalue weighted by atomic mass is 9.67. The van der Waals surface area contributed by atoms with Crippen molar-refractivity contribution in [2.75, 3.05) is 32.8 Å². The first-order chi connectivity index (χ1) is 17.6. The molecule has 0 radical (unpaired) electrons. The zero-order valence-corrected chi connectivity index (χ0v) is 21.6. The number of Topliss-reactive ketones (excluding diaryl/α,β-unsaturated/α-hetero) is 1. The average molecular weight is 507 g/mol. The summed E-state index contributed by atoms with van der Waals surface area (Å²) < 4.78 is 5.12. The summed E-state index contributed by atoms with van der Waals surface area (Å²) in [5.41, 5.74) is 6.74. The number of hydrogen-bond donors (Lipinski definition) is 3. The van der Waals surface area contributed by atoms with E-state index in [0.717, 1.165) is 31.5 Å². The van der Waals surface area contributed by atoms with E-state index in [9.17, 15) is 14.4 Å². The van der Waals surface area contributed by atoms with Gasteiger partial charge in [-0.3, -0.25) is 19.5 Å². The first-order valence-electron chi connectivity index (χ1n) is 13.1. The summed E-state index contributed by atoms with van der Waals surface area (Å²) in [5, 5.41) is 12.8. The van der Waals surface area contributed by atoms with Crippen molar-refractivity contribution >= 4 is 28.5 Å². The predicted molar refractivity (Wildman–Crippen MR) is 137 cm³/mol. The fourth-order valence-electron chi connectivity index (χ4n) is 5.89. The molecule has 0 unspecified atom stereocenters. The maximum absolute atomic E-state index is 13.4. The van der Waals surface area contributed by atoms with Crippen LogP contribution in [0.3, 0.4) is 0 Å². The van der Waals surface area contributed by atoms with Crippen LogP contribution >= 0.6 is 0 Å². The number of carbonyl (C=O) groups excluding carboxylic acids is 3. The van der Waals surface area contributed by atoms with Gasteiger partial charge in [0, 0.05) is 42.5 Å². The van der Waals surface area contributed by atoms with Crippen molar-refractivity contribution in [3.8, 4) is 0 Å². The van der Waals surface area contributed by atoms with Crippen LogP contribution in [0.4, 0.5) is 0 Å². The minimum Gasteiger partial charge on any atom is -0.377 e. The molecule has 0 saturated carbocycles. The van der Waals surface area contributed by atoms with E-state index in [2.05, 4.69) is 46.7 Å². The van der Waals surface area contributed by atoms with E-state index < -0.39 is 0 Å². The van der Waals surface area contributed by atoms with E-state index >= 15 is 0 Å². The minimum atomic E-state index is -0.272. The van der Waals surface area contributed by atoms with Crippen LogP contribution in [-0.2, 0) is 9.53 Å². The van der Waals surface area contributed by atoms with Crippen LogP contribution in [0.25, 0.3) is 10.9 Å². The number of fused-ring (bicyclic) bond motifs is 1. The molecular formula is C27H34N6O4. The van der Waals surface area contributed by atoms with E-state index in [1.807, 2.05) is 4.90 Å². The van der Waals surface area contributed by atoms with Crippen LogP contribution in [0.1, 0.15) is 67.3 Å². The third-order valence-electron chi connectivity index (χ3n) is 8.27. The molecule has 10 heteroatoms. The maximum atomic E-state index is 13.4. The standard InChI is InChI=1S/C27H34N6O4/c1-26(2,3)33-13-17-11-27(12-21(34)22(17)31-33)6-8-32(9-7-27)25(36)16-4-5-20-19(10-16)23(30-29-20)24(35)28-18-14-37-15-18/h4-5,10,18,31H,6-9,11-15H2,1-3H3,(H,28,35)(H,29,30). The number of ether oxygens (including phenoxy) is 1. The molecule has 0 bridgehead atoms. The second-order valence-electron chi connectivity index (χ2n) is 12.0. The number of nitrogens with zero attached hydrogens (tertiary/aromatic N) is 3. The molecular weight excluding hydrogens is 472 g/mol. The Morgan fingerprint density at radius 2 is 1.92 bits per heavy atom. The molecule has 2 fully saturated rings. The van der Waals surface area contributed by atoms with Crippen molar-refractivity contribution in [1.29, 1.82) is 0 Å². The molecule has 2 saturated heterocycles. The predicted octanol–water partition coefficient (Wildman–Crippen LogP) is 2.15. The van der Waals surface area contributed by atoms with Gasteiger partial charge >= 0.3 is 0 Å². The van der Waals surface area contributed by atoms with Gasteiger partial charge in [-0.15, -0.1) is 0 Å². The lowest BCUT2D eigenvalue weighted by Crippen LogP contribution is -2.48. The van der Waals surface area contributed by atoms with Crippen molar-refractivity contribution in [2.45, 2.75) is 58.0 Å². The van der Waals surface area contributed by atoms with E-state index in [1.54, 1.807) is 18.2 Å². The minimum absolute atomic E-state index is 0.000189. The Morgan fingerprint density at radius 1 is 1.16 bits per heavy atom. The summed E-state index contributed by atoms with van der Waals surface area (Å²) in [6.45, 7) is 9.43. The van der Waals surface area contributed by atoms with E-state index in [1.165, 1.54) is 5.57 Å². The number of aromatic amines is 1. The SMILES string of the molecule is CC(C)(C)N1CC2=C(N1)C(=O)CC1(CCN(C(=O)c3ccc4[nH]nc(C(=O)NC5COC5)c4c3)CC1)C2. The number of benzene rings is 1. The Morgan fingerprint density at radius 3 is 2.59 bits per heavy atom. The molecule has 1 aromatic heterocycles. The number of amides is 2. The number of nitrogens with one attached hydrogen (secondary N) is 3. The largest absolute Gasteiger partial charge is 0.377 e. The third kappa shape index (κ3) is 4.31. The number of hydrogen-bond acceptors (Lipinski definition) is 7. The summed E-state index contributed by atoms with van der Waals surface area (Å²) in [7, 11) is 0. The van der Waals surface area contributed by atoms with Crippen LogP contribution in [0.5, 0.6) is 0 Å². The highest BCUT2D eigenvalue weighted by Crippen LogP contribution is 2.47. The molecule has 6 rings (SSSR count). The highest BCUT2D eigenvalue weighted by atomic mass is 16.5. The maximum Gasteiger partial charge on any atom is 0.272 e. The summed E-state index contributed by atoms with van der Waals surface area (Å²) in [5.74, 6) is -0.135. The average Bonchev–Trinajstić information content (AvgIpc) is 3.45. The van der Waals surface area contributed by atoms with Crippen LogP contribution in [0.2, 0.25) is 0 Å². The van der Waals surface area contributed by atoms with Crippen LogP contribution in [-0.4, -0.2) is 82.1 Å². The van der Waals surface area contributed by atoms with Crippen LogP contribution < -0.4 is 10.7 Å². The molecule has 0 atom stereocenters. The van der Waals surface area contributed by atoms with Gasteiger partial charge in [-0.1, -0.05) is 0 Å². The molecule has 4 heterocycles. The monoisotopic (exact) mass is 506 g/mol. The summed E-state index contributed by atoms with van der Waals surface area (Å²) in [4.78, 5) is 41.0. The van der Waals surface area contributed by atoms with Gasteiger partial charge in [-0.25, -0.2) is 5.01 Å². The molecule has 37 heavy (non-hydrogen) atoms. The number of rotatable bonds is 3. The number of carbonyl (C=O) groups is 3. The van der Waals surface area contributed by atoms with Gasteiger partial charge < -0.3 is 20.4 Å². The van der Waals surface area contributed by atoms with Crippen molar-refractivity contribution < 1.29 is 19.1 Å². The Bertz CT molecular complexity index is 1310. The fraction of sp³-hybridized carbons (Fsp3) is 0.556. The second-order valence-corrected chi connectivity index (χ2v) is 12.0. The topological polar surface area (TPSA) is 120 Å². The van der Waals surface area contributed by atoms with Gasteiger partial charge in [-0.2, -0.15) is 5.10 Å². The van der Waals surface area contributed by atoms with E-state index in [-0.39, 0.29) is 40.3 Å². The Hall–Kier alpha value is -3.24. The third-order valence-corrected chi connectivity index (χ3v) is 8.27. The van der Waals surface area contributed by atoms with Gasteiger partial charge in [0.1, 0.15) is 0 Å². The fourth-order valence-corrected chi connectivity index (χ4v) is 5.89. The summed E-state index contributed by atoms with van der Waals surface area (Å²) in [6, 6.07) is 5.33. The number of aromatic nitrogens is 2. The van der Waals surface area contributed by atoms with Gasteiger partial charge in [-0.05, 0) is 69.2 Å². The number of likely N-dealkylation sites (tertiary alicyclic amines) is 1. The lowest BCUT2D eigenvalue weighted by molar-refractivity contribution is -0.120. The number of piperidine rings is 1. The Labute approximate surface area is 215 Å². The second kappa shape index (κ2) is 8.66. The molecule has 2 amide bonds. The first kappa shape index (κ1) is 24.1. The van der Waals surface area contributed by atoms with Gasteiger partial charge in [0.2, 0.25) is 0 Å². The van der Waals surface area contributed by atoms with E-state index in [4.69, 9.17) is 4.74 Å². The molecule has 10 nitrogen and oxygen atoms in total. The molecule has 4 aliphatic rings. The van der Waals surface area contributed by atoms with Crippen LogP contribution in [0.15, 0.2) is 29.5 Å². The van der Waals surface area contributed by atoms with E-state index in [0.29, 0.717) is 49.2 Å². The Kier molecular flexibility index (Phi) is 5.65. The zero-order valence-electron chi connectivity index (χ0n) is 21.6. The molecule has 1 aromatic carbocycles. The molecule has 3 N–H and O–H groups in total. The summed E-state index contributed by atoms with van der Waals surface area (Å²) in [6.07, 6.45) is 3.05. The van der Waals surface area contributed by atoms with Gasteiger partial charge in [0.05, 0.1) is 30.5 Å². The lowest BCUT2D eigenvalue weighted by Gasteiger charge is -2.43.